The van der Waals surface area contributed by atoms with Gasteiger partial charge in [-0.2, -0.15) is 0 Å². The van der Waals surface area contributed by atoms with Gasteiger partial charge in [0, 0.05) is 18.7 Å². The molecule has 2 aromatic rings. The van der Waals surface area contributed by atoms with Crippen molar-refractivity contribution in [1.82, 2.24) is 4.98 Å². The molecule has 0 aliphatic heterocycles. The van der Waals surface area contributed by atoms with Gasteiger partial charge in [-0.1, -0.05) is 36.4 Å². The molecule has 0 aliphatic carbocycles. The van der Waals surface area contributed by atoms with E-state index >= 15 is 0 Å². The molecule has 3 nitrogen and oxygen atoms in total. The smallest absolute Gasteiger partial charge is 0.214 e. The maximum atomic E-state index is 5.89. The molecule has 1 unspecified atom stereocenters. The Morgan fingerprint density at radius 3 is 2.53 bits per heavy atom. The molecule has 1 aromatic heterocycles. The third-order valence-electron chi connectivity index (χ3n) is 2.47. The van der Waals surface area contributed by atoms with Gasteiger partial charge in [-0.3, -0.25) is 5.73 Å². The van der Waals surface area contributed by atoms with E-state index < -0.39 is 0 Å². The molecule has 1 aromatic carbocycles. The van der Waals surface area contributed by atoms with Crippen LogP contribution in [-0.4, -0.2) is 11.2 Å². The lowest BCUT2D eigenvalue weighted by Gasteiger charge is -2.13. The number of pyridine rings is 1. The number of aryl methyl sites for hydroxylation is 1. The van der Waals surface area contributed by atoms with E-state index in [2.05, 4.69) is 17.1 Å². The van der Waals surface area contributed by atoms with Crippen LogP contribution in [0.4, 0.5) is 0 Å². The zero-order valence-corrected chi connectivity index (χ0v) is 9.62. The first kappa shape index (κ1) is 11.6. The largest absolute Gasteiger partial charge is 0.459 e. The second-order valence-corrected chi connectivity index (χ2v) is 3.85. The average Bonchev–Trinajstić information content (AvgIpc) is 2.39. The standard InChI is InChI=1S/C14H16N2O/c15-13(17-14-8-4-5-11-16-14)10-9-12-6-2-1-3-7-12/h1-8,11,13H,9-10,15H2. The highest BCUT2D eigenvalue weighted by Gasteiger charge is 2.05. The van der Waals surface area contributed by atoms with E-state index in [1.165, 1.54) is 5.56 Å². The number of nitrogens with two attached hydrogens (primary N) is 1. The number of hydrogen-bond acceptors (Lipinski definition) is 3. The minimum absolute atomic E-state index is 0.315. The molecule has 0 amide bonds. The molecule has 0 fully saturated rings. The highest BCUT2D eigenvalue weighted by atomic mass is 16.5. The quantitative estimate of drug-likeness (QED) is 0.799. The molecule has 1 atom stereocenters. The molecular weight excluding hydrogens is 212 g/mol. The first-order chi connectivity index (χ1) is 8.34. The summed E-state index contributed by atoms with van der Waals surface area (Å²) in [4.78, 5) is 4.07. The Morgan fingerprint density at radius 2 is 1.82 bits per heavy atom. The lowest BCUT2D eigenvalue weighted by molar-refractivity contribution is 0.191. The summed E-state index contributed by atoms with van der Waals surface area (Å²) in [6.07, 6.45) is 3.07. The van der Waals surface area contributed by atoms with Crippen molar-refractivity contribution in [2.45, 2.75) is 19.1 Å². The van der Waals surface area contributed by atoms with Crippen LogP contribution in [0.1, 0.15) is 12.0 Å². The highest BCUT2D eigenvalue weighted by molar-refractivity contribution is 5.15. The van der Waals surface area contributed by atoms with Gasteiger partial charge in [0.25, 0.3) is 0 Å². The van der Waals surface area contributed by atoms with Gasteiger partial charge in [-0.15, -0.1) is 0 Å². The van der Waals surface area contributed by atoms with Gasteiger partial charge >= 0.3 is 0 Å². The van der Waals surface area contributed by atoms with E-state index in [-0.39, 0.29) is 6.23 Å². The number of rotatable bonds is 5. The van der Waals surface area contributed by atoms with Gasteiger partial charge in [-0.05, 0) is 18.1 Å². The van der Waals surface area contributed by atoms with E-state index in [1.807, 2.05) is 36.4 Å². The van der Waals surface area contributed by atoms with E-state index in [0.29, 0.717) is 5.88 Å². The average molecular weight is 228 g/mol. The van der Waals surface area contributed by atoms with Crippen LogP contribution in [-0.2, 0) is 6.42 Å². The SMILES string of the molecule is NC(CCc1ccccc1)Oc1ccccn1. The van der Waals surface area contributed by atoms with Crippen LogP contribution < -0.4 is 10.5 Å². The normalized spacial score (nSPS) is 12.1. The highest BCUT2D eigenvalue weighted by Crippen LogP contribution is 2.09. The predicted molar refractivity (Wildman–Crippen MR) is 67.6 cm³/mol. The molecule has 0 spiro atoms. The monoisotopic (exact) mass is 228 g/mol. The fourth-order valence-corrected chi connectivity index (χ4v) is 1.58. The van der Waals surface area contributed by atoms with Crippen LogP contribution in [0.3, 0.4) is 0 Å². The van der Waals surface area contributed by atoms with Gasteiger partial charge in [0.05, 0.1) is 0 Å². The first-order valence-corrected chi connectivity index (χ1v) is 5.72. The maximum absolute atomic E-state index is 5.89. The zero-order chi connectivity index (χ0) is 11.9. The number of nitrogens with zero attached hydrogens (tertiary/aromatic N) is 1. The molecule has 0 saturated heterocycles. The third-order valence-corrected chi connectivity index (χ3v) is 2.47. The summed E-state index contributed by atoms with van der Waals surface area (Å²) >= 11 is 0. The maximum Gasteiger partial charge on any atom is 0.214 e. The summed E-state index contributed by atoms with van der Waals surface area (Å²) in [6.45, 7) is 0. The molecular formula is C14H16N2O. The van der Waals surface area contributed by atoms with Crippen LogP contribution in [0, 0.1) is 0 Å². The summed E-state index contributed by atoms with van der Waals surface area (Å²) in [7, 11) is 0. The van der Waals surface area contributed by atoms with Gasteiger partial charge in [-0.25, -0.2) is 4.98 Å². The van der Waals surface area contributed by atoms with E-state index in [4.69, 9.17) is 10.5 Å². The fraction of sp³-hybridized carbons (Fsp3) is 0.214. The molecule has 88 valence electrons. The molecule has 1 heterocycles. The molecule has 2 N–H and O–H groups in total. The topological polar surface area (TPSA) is 48.1 Å². The summed E-state index contributed by atoms with van der Waals surface area (Å²) in [5, 5.41) is 0. The Bertz CT molecular complexity index is 430. The molecule has 0 saturated carbocycles. The van der Waals surface area contributed by atoms with Crippen molar-refractivity contribution in [2.75, 3.05) is 0 Å². The summed E-state index contributed by atoms with van der Waals surface area (Å²) in [5.74, 6) is 0.577. The molecule has 3 heteroatoms. The van der Waals surface area contributed by atoms with Gasteiger partial charge in [0.1, 0.15) is 6.23 Å². The number of hydrogen-bond donors (Lipinski definition) is 1. The van der Waals surface area contributed by atoms with Crippen LogP contribution >= 0.6 is 0 Å². The van der Waals surface area contributed by atoms with E-state index in [1.54, 1.807) is 6.20 Å². The van der Waals surface area contributed by atoms with Gasteiger partial charge in [0.2, 0.25) is 5.88 Å². The lowest BCUT2D eigenvalue weighted by atomic mass is 10.1. The van der Waals surface area contributed by atoms with E-state index in [0.717, 1.165) is 12.8 Å². The van der Waals surface area contributed by atoms with Crippen molar-refractivity contribution in [3.63, 3.8) is 0 Å². The van der Waals surface area contributed by atoms with Crippen LogP contribution in [0.5, 0.6) is 5.88 Å². The molecule has 0 aliphatic rings. The molecule has 2 rings (SSSR count). The number of ether oxygens (including phenoxy) is 1. The summed E-state index contributed by atoms with van der Waals surface area (Å²) in [6, 6.07) is 15.8. The van der Waals surface area contributed by atoms with E-state index in [9.17, 15) is 0 Å². The Hall–Kier alpha value is -1.87. The van der Waals surface area contributed by atoms with Crippen LogP contribution in [0.2, 0.25) is 0 Å². The molecule has 0 bridgehead atoms. The predicted octanol–water partition coefficient (Wildman–Crippen LogP) is 2.38. The van der Waals surface area contributed by atoms with Crippen LogP contribution in [0.15, 0.2) is 54.7 Å². The van der Waals surface area contributed by atoms with Crippen molar-refractivity contribution < 1.29 is 4.74 Å². The van der Waals surface area contributed by atoms with Crippen molar-refractivity contribution >= 4 is 0 Å². The Kier molecular flexibility index (Phi) is 4.11. The van der Waals surface area contributed by atoms with Crippen molar-refractivity contribution in [1.29, 1.82) is 0 Å². The minimum atomic E-state index is -0.315. The Labute approximate surface area is 101 Å². The van der Waals surface area contributed by atoms with Crippen molar-refractivity contribution in [2.24, 2.45) is 5.73 Å². The molecule has 0 radical (unpaired) electrons. The fourth-order valence-electron chi connectivity index (χ4n) is 1.58. The Morgan fingerprint density at radius 1 is 1.06 bits per heavy atom. The first-order valence-electron chi connectivity index (χ1n) is 5.72. The second-order valence-electron chi connectivity index (χ2n) is 3.85. The third kappa shape index (κ3) is 3.89. The van der Waals surface area contributed by atoms with Gasteiger partial charge < -0.3 is 4.74 Å². The van der Waals surface area contributed by atoms with Crippen LogP contribution in [0.25, 0.3) is 0 Å². The minimum Gasteiger partial charge on any atom is -0.459 e. The second kappa shape index (κ2) is 6.01. The zero-order valence-electron chi connectivity index (χ0n) is 9.62. The lowest BCUT2D eigenvalue weighted by Crippen LogP contribution is -2.28. The van der Waals surface area contributed by atoms with Crippen molar-refractivity contribution in [3.8, 4) is 5.88 Å². The van der Waals surface area contributed by atoms with Gasteiger partial charge in [0.15, 0.2) is 0 Å². The number of benzene rings is 1. The summed E-state index contributed by atoms with van der Waals surface area (Å²) in [5.41, 5.74) is 7.16. The molecule has 17 heavy (non-hydrogen) atoms. The Balaban J connectivity index is 1.80. The summed E-state index contributed by atoms with van der Waals surface area (Å²) < 4.78 is 5.50. The van der Waals surface area contributed by atoms with Crippen molar-refractivity contribution in [3.05, 3.63) is 60.3 Å². The number of aromatic nitrogens is 1.